The molecule has 0 fully saturated rings. The molecule has 0 saturated carbocycles. The van der Waals surface area contributed by atoms with Crippen molar-refractivity contribution in [3.8, 4) is 0 Å². The fourth-order valence-electron chi connectivity index (χ4n) is 2.91. The summed E-state index contributed by atoms with van der Waals surface area (Å²) in [4.78, 5) is 0. The molecule has 2 aliphatic rings. The monoisotopic (exact) mass is 295 g/mol. The van der Waals surface area contributed by atoms with Gasteiger partial charge in [-0.3, -0.25) is 0 Å². The van der Waals surface area contributed by atoms with Crippen LogP contribution in [0.1, 0.15) is 46.5 Å². The van der Waals surface area contributed by atoms with Crippen molar-refractivity contribution < 1.29 is 20.4 Å². The SMILES string of the molecule is CC(C)(C)[Si](C)(C)CC1=CC2=C(CCCC2)[CH]1[Ti]. The van der Waals surface area contributed by atoms with E-state index >= 15 is 0 Å². The molecule has 0 spiro atoms. The van der Waals surface area contributed by atoms with E-state index in [4.69, 9.17) is 0 Å². The van der Waals surface area contributed by atoms with Crippen molar-refractivity contribution in [2.75, 3.05) is 0 Å². The molecule has 2 aliphatic carbocycles. The van der Waals surface area contributed by atoms with Crippen LogP contribution in [-0.4, -0.2) is 8.07 Å². The minimum atomic E-state index is -1.17. The van der Waals surface area contributed by atoms with E-state index in [9.17, 15) is 0 Å². The zero-order valence-electron chi connectivity index (χ0n) is 12.7. The zero-order valence-corrected chi connectivity index (χ0v) is 15.3. The van der Waals surface area contributed by atoms with Crippen LogP contribution in [0.15, 0.2) is 22.8 Å². The Hall–Kier alpha value is 0.411. The maximum absolute atomic E-state index is 2.58. The fraction of sp³-hybridized carbons (Fsp3) is 0.750. The molecule has 0 heterocycles. The molecule has 18 heavy (non-hydrogen) atoms. The van der Waals surface area contributed by atoms with Crippen molar-refractivity contribution in [3.05, 3.63) is 22.8 Å². The van der Waals surface area contributed by atoms with E-state index in [1.165, 1.54) is 31.7 Å². The molecule has 2 rings (SSSR count). The molecule has 99 valence electrons. The van der Waals surface area contributed by atoms with Crippen LogP contribution in [-0.2, 0) is 20.4 Å². The number of allylic oxidation sites excluding steroid dienone is 4. The first-order chi connectivity index (χ1) is 8.22. The van der Waals surface area contributed by atoms with Gasteiger partial charge in [-0.2, -0.15) is 0 Å². The van der Waals surface area contributed by atoms with Gasteiger partial charge in [0.05, 0.1) is 0 Å². The fourth-order valence-corrected chi connectivity index (χ4v) is 5.89. The second-order valence-electron chi connectivity index (χ2n) is 7.72. The molecule has 0 aromatic rings. The summed E-state index contributed by atoms with van der Waals surface area (Å²) in [5, 5.41) is 0.511. The number of rotatable bonds is 2. The molecule has 0 saturated heterocycles. The van der Waals surface area contributed by atoms with E-state index in [-0.39, 0.29) is 0 Å². The Kier molecular flexibility index (Phi) is 4.17. The third-order valence-corrected chi connectivity index (χ3v) is 11.8. The first kappa shape index (κ1) is 14.8. The first-order valence-corrected chi connectivity index (χ1v) is 11.5. The van der Waals surface area contributed by atoms with Crippen molar-refractivity contribution in [2.45, 2.75) is 74.9 Å². The van der Waals surface area contributed by atoms with Crippen LogP contribution in [0.25, 0.3) is 0 Å². The Morgan fingerprint density at radius 2 is 1.83 bits per heavy atom. The zero-order chi connectivity index (χ0) is 13.6. The van der Waals surface area contributed by atoms with Crippen LogP contribution in [0, 0.1) is 0 Å². The molecule has 1 atom stereocenters. The quantitative estimate of drug-likeness (QED) is 0.578. The minimum absolute atomic E-state index is 0.511. The summed E-state index contributed by atoms with van der Waals surface area (Å²) >= 11 is 2.45. The molecule has 0 aliphatic heterocycles. The molecule has 1 unspecified atom stereocenters. The van der Waals surface area contributed by atoms with Gasteiger partial charge < -0.3 is 0 Å². The Morgan fingerprint density at radius 1 is 1.22 bits per heavy atom. The van der Waals surface area contributed by atoms with Crippen molar-refractivity contribution in [2.24, 2.45) is 0 Å². The third kappa shape index (κ3) is 2.78. The van der Waals surface area contributed by atoms with Gasteiger partial charge >= 0.3 is 126 Å². The van der Waals surface area contributed by atoms with Gasteiger partial charge in [0.1, 0.15) is 0 Å². The van der Waals surface area contributed by atoms with Crippen LogP contribution in [0.2, 0.25) is 28.4 Å². The van der Waals surface area contributed by atoms with Gasteiger partial charge in [-0.15, -0.1) is 0 Å². The predicted molar refractivity (Wildman–Crippen MR) is 79.3 cm³/mol. The third-order valence-electron chi connectivity index (χ3n) is 5.31. The molecule has 0 aromatic carbocycles. The van der Waals surface area contributed by atoms with Gasteiger partial charge in [-0.05, 0) is 0 Å². The summed E-state index contributed by atoms with van der Waals surface area (Å²) in [6, 6.07) is 1.39. The van der Waals surface area contributed by atoms with E-state index in [0.717, 1.165) is 4.22 Å². The van der Waals surface area contributed by atoms with E-state index in [1.807, 2.05) is 0 Å². The predicted octanol–water partition coefficient (Wildman–Crippen LogP) is 5.64. The molecule has 0 aromatic heterocycles. The van der Waals surface area contributed by atoms with E-state index in [2.05, 4.69) is 60.4 Å². The Labute approximate surface area is 126 Å². The molecule has 0 amide bonds. The Balaban J connectivity index is 2.14. The van der Waals surface area contributed by atoms with Crippen LogP contribution >= 0.6 is 0 Å². The normalized spacial score (nSPS) is 25.1. The Morgan fingerprint density at radius 3 is 2.39 bits per heavy atom. The van der Waals surface area contributed by atoms with Crippen molar-refractivity contribution in [3.63, 3.8) is 0 Å². The molecule has 2 heteroatoms. The van der Waals surface area contributed by atoms with Crippen molar-refractivity contribution in [1.82, 2.24) is 0 Å². The van der Waals surface area contributed by atoms with E-state index in [1.54, 1.807) is 16.7 Å². The van der Waals surface area contributed by atoms with Gasteiger partial charge in [-0.25, -0.2) is 0 Å². The summed E-state index contributed by atoms with van der Waals surface area (Å²) in [6.07, 6.45) is 8.13. The number of hydrogen-bond acceptors (Lipinski definition) is 0. The summed E-state index contributed by atoms with van der Waals surface area (Å²) in [5.41, 5.74) is 5.26. The molecule has 0 nitrogen and oxygen atoms in total. The van der Waals surface area contributed by atoms with Crippen molar-refractivity contribution in [1.29, 1.82) is 0 Å². The summed E-state index contributed by atoms with van der Waals surface area (Å²) in [7, 11) is -1.17. The van der Waals surface area contributed by atoms with Gasteiger partial charge in [0.15, 0.2) is 0 Å². The topological polar surface area (TPSA) is 0 Å². The second kappa shape index (κ2) is 5.07. The van der Waals surface area contributed by atoms with E-state index < -0.39 is 8.07 Å². The summed E-state index contributed by atoms with van der Waals surface area (Å²) in [6.45, 7) is 12.4. The van der Waals surface area contributed by atoms with Crippen LogP contribution < -0.4 is 0 Å². The molecule has 0 N–H and O–H groups in total. The summed E-state index contributed by atoms with van der Waals surface area (Å²) in [5.74, 6) is 0. The van der Waals surface area contributed by atoms with Gasteiger partial charge in [-0.1, -0.05) is 0 Å². The number of hydrogen-bond donors (Lipinski definition) is 0. The van der Waals surface area contributed by atoms with Crippen molar-refractivity contribution >= 4 is 8.07 Å². The molecular weight excluding hydrogens is 268 g/mol. The van der Waals surface area contributed by atoms with E-state index in [0.29, 0.717) is 5.04 Å². The molecular formula is C16H27SiTi. The van der Waals surface area contributed by atoms with Gasteiger partial charge in [0, 0.05) is 0 Å². The van der Waals surface area contributed by atoms with Gasteiger partial charge in [0.2, 0.25) is 0 Å². The first-order valence-electron chi connectivity index (χ1n) is 7.36. The van der Waals surface area contributed by atoms with Crippen LogP contribution in [0.4, 0.5) is 0 Å². The maximum atomic E-state index is 2.58. The average molecular weight is 295 g/mol. The Bertz CT molecular complexity index is 396. The van der Waals surface area contributed by atoms with Crippen LogP contribution in [0.3, 0.4) is 0 Å². The molecule has 0 bridgehead atoms. The molecule has 0 radical (unpaired) electrons. The average Bonchev–Trinajstić information content (AvgIpc) is 2.54. The standard InChI is InChI=1S/C16H27Si.Ti/c1-16(2,3)17(4,5)12-13-10-14-8-6-7-9-15(14)11-13;/h10-11H,6-9,12H2,1-5H3;. The second-order valence-corrected chi connectivity index (χ2v) is 14.2. The summed E-state index contributed by atoms with van der Waals surface area (Å²) < 4.78 is 0.759. The van der Waals surface area contributed by atoms with Gasteiger partial charge in [0.25, 0.3) is 0 Å². The van der Waals surface area contributed by atoms with Crippen LogP contribution in [0.5, 0.6) is 0 Å².